The van der Waals surface area contributed by atoms with Crippen LogP contribution in [0.15, 0.2) is 0 Å². The van der Waals surface area contributed by atoms with Crippen molar-refractivity contribution in [1.29, 1.82) is 0 Å². The Hall–Kier alpha value is -0.690. The van der Waals surface area contributed by atoms with E-state index in [1.165, 1.54) is 4.88 Å². The lowest BCUT2D eigenvalue weighted by atomic mass is 10.4. The van der Waals surface area contributed by atoms with E-state index in [2.05, 4.69) is 10.3 Å². The molecule has 1 rings (SSSR count). The maximum atomic E-state index is 8.54. The minimum atomic E-state index is 0.0835. The quantitative estimate of drug-likeness (QED) is 0.670. The number of thiazole rings is 1. The molecule has 1 heterocycles. The summed E-state index contributed by atoms with van der Waals surface area (Å²) in [6, 6.07) is 0. The van der Waals surface area contributed by atoms with Crippen LogP contribution in [0.3, 0.4) is 0 Å². The number of rotatable bonds is 8. The third kappa shape index (κ3) is 4.99. The van der Waals surface area contributed by atoms with Gasteiger partial charge in [0.05, 0.1) is 25.5 Å². The zero-order chi connectivity index (χ0) is 12.7. The van der Waals surface area contributed by atoms with Crippen LogP contribution in [-0.4, -0.2) is 50.6 Å². The van der Waals surface area contributed by atoms with E-state index < -0.39 is 0 Å². The number of ether oxygens (including phenoxy) is 1. The van der Waals surface area contributed by atoms with Gasteiger partial charge >= 0.3 is 0 Å². The van der Waals surface area contributed by atoms with Gasteiger partial charge in [0, 0.05) is 32.1 Å². The van der Waals surface area contributed by atoms with Gasteiger partial charge < -0.3 is 20.1 Å². The van der Waals surface area contributed by atoms with Gasteiger partial charge in [0.2, 0.25) is 0 Å². The van der Waals surface area contributed by atoms with Crippen molar-refractivity contribution in [2.75, 3.05) is 45.4 Å². The first-order valence-electron chi connectivity index (χ1n) is 5.68. The molecule has 0 amide bonds. The zero-order valence-electron chi connectivity index (χ0n) is 10.7. The number of aryl methyl sites for hydroxylation is 1. The third-order valence-electron chi connectivity index (χ3n) is 2.21. The Kier molecular flexibility index (Phi) is 6.43. The summed E-state index contributed by atoms with van der Waals surface area (Å²) in [6.45, 7) is 4.75. The predicted octanol–water partition coefficient (Wildman–Crippen LogP) is 0.616. The highest BCUT2D eigenvalue weighted by Gasteiger charge is 2.07. The van der Waals surface area contributed by atoms with E-state index in [4.69, 9.17) is 9.84 Å². The fourth-order valence-corrected chi connectivity index (χ4v) is 2.23. The molecule has 0 aromatic carbocycles. The van der Waals surface area contributed by atoms with Crippen LogP contribution >= 0.6 is 11.3 Å². The highest BCUT2D eigenvalue weighted by Crippen LogP contribution is 2.23. The molecular formula is C11H21N3O2S. The molecule has 1 aromatic heterocycles. The van der Waals surface area contributed by atoms with Gasteiger partial charge in [0.1, 0.15) is 0 Å². The van der Waals surface area contributed by atoms with E-state index in [0.29, 0.717) is 13.2 Å². The van der Waals surface area contributed by atoms with Gasteiger partial charge in [-0.25, -0.2) is 4.98 Å². The largest absolute Gasteiger partial charge is 0.394 e. The second-order valence-corrected chi connectivity index (χ2v) is 4.97. The highest BCUT2D eigenvalue weighted by molar-refractivity contribution is 7.15. The van der Waals surface area contributed by atoms with E-state index >= 15 is 0 Å². The van der Waals surface area contributed by atoms with E-state index in [9.17, 15) is 0 Å². The van der Waals surface area contributed by atoms with E-state index in [-0.39, 0.29) is 6.61 Å². The summed E-state index contributed by atoms with van der Waals surface area (Å²) in [5, 5.41) is 12.9. The Morgan fingerprint density at radius 1 is 1.41 bits per heavy atom. The number of aromatic nitrogens is 1. The molecule has 0 unspecified atom stereocenters. The number of nitrogens with zero attached hydrogens (tertiary/aromatic N) is 2. The van der Waals surface area contributed by atoms with Crippen molar-refractivity contribution in [2.24, 2.45) is 0 Å². The van der Waals surface area contributed by atoms with Crippen molar-refractivity contribution in [3.8, 4) is 0 Å². The molecule has 0 spiro atoms. The molecule has 0 atom stereocenters. The third-order valence-corrected chi connectivity index (χ3v) is 3.53. The van der Waals surface area contributed by atoms with Gasteiger partial charge in [-0.1, -0.05) is 0 Å². The predicted molar refractivity (Wildman–Crippen MR) is 70.8 cm³/mol. The summed E-state index contributed by atoms with van der Waals surface area (Å²) in [5.41, 5.74) is 1.09. The molecule has 0 aliphatic rings. The summed E-state index contributed by atoms with van der Waals surface area (Å²) in [4.78, 5) is 7.76. The van der Waals surface area contributed by atoms with Crippen molar-refractivity contribution < 1.29 is 9.84 Å². The monoisotopic (exact) mass is 259 g/mol. The van der Waals surface area contributed by atoms with Crippen molar-refractivity contribution in [3.63, 3.8) is 0 Å². The number of nitrogens with one attached hydrogen (secondary N) is 1. The fraction of sp³-hybridized carbons (Fsp3) is 0.727. The Morgan fingerprint density at radius 2 is 2.18 bits per heavy atom. The van der Waals surface area contributed by atoms with Crippen molar-refractivity contribution in [2.45, 2.75) is 13.5 Å². The van der Waals surface area contributed by atoms with Crippen molar-refractivity contribution >= 4 is 16.5 Å². The summed E-state index contributed by atoms with van der Waals surface area (Å²) >= 11 is 1.71. The molecule has 5 nitrogen and oxygen atoms in total. The number of aliphatic hydroxyl groups excluding tert-OH is 1. The first kappa shape index (κ1) is 14.4. The molecule has 17 heavy (non-hydrogen) atoms. The number of anilines is 1. The molecule has 0 aliphatic carbocycles. The molecule has 0 saturated heterocycles. The lowest BCUT2D eigenvalue weighted by Crippen LogP contribution is -2.19. The summed E-state index contributed by atoms with van der Waals surface area (Å²) in [7, 11) is 4.00. The molecule has 0 bridgehead atoms. The Labute approximate surface area is 106 Å². The van der Waals surface area contributed by atoms with Crippen LogP contribution < -0.4 is 10.2 Å². The molecular weight excluding hydrogens is 238 g/mol. The number of hydrogen-bond acceptors (Lipinski definition) is 6. The Balaban J connectivity index is 2.27. The Bertz CT molecular complexity index is 329. The average Bonchev–Trinajstić information content (AvgIpc) is 2.65. The van der Waals surface area contributed by atoms with Crippen molar-refractivity contribution in [1.82, 2.24) is 10.3 Å². The average molecular weight is 259 g/mol. The van der Waals surface area contributed by atoms with Gasteiger partial charge in [-0.15, -0.1) is 11.3 Å². The van der Waals surface area contributed by atoms with Gasteiger partial charge in [0.15, 0.2) is 5.13 Å². The standard InChI is InChI=1S/C11H21N3O2S/c1-9-10(17-11(13-9)14(2)3)8-12-4-6-16-7-5-15/h12,15H,4-8H2,1-3H3. The zero-order valence-corrected chi connectivity index (χ0v) is 11.5. The highest BCUT2D eigenvalue weighted by atomic mass is 32.1. The van der Waals surface area contributed by atoms with Gasteiger partial charge in [0.25, 0.3) is 0 Å². The van der Waals surface area contributed by atoms with Crippen LogP contribution in [0.2, 0.25) is 0 Å². The van der Waals surface area contributed by atoms with Crippen LogP contribution in [0, 0.1) is 6.92 Å². The SMILES string of the molecule is Cc1nc(N(C)C)sc1CNCCOCCO. The maximum Gasteiger partial charge on any atom is 0.185 e. The topological polar surface area (TPSA) is 57.6 Å². The molecule has 6 heteroatoms. The molecule has 0 radical (unpaired) electrons. The minimum absolute atomic E-state index is 0.0835. The van der Waals surface area contributed by atoms with Gasteiger partial charge in [-0.3, -0.25) is 0 Å². The van der Waals surface area contributed by atoms with Crippen LogP contribution in [0.25, 0.3) is 0 Å². The van der Waals surface area contributed by atoms with Crippen LogP contribution in [0.5, 0.6) is 0 Å². The van der Waals surface area contributed by atoms with Crippen LogP contribution in [0.4, 0.5) is 5.13 Å². The number of hydrogen-bond donors (Lipinski definition) is 2. The number of aliphatic hydroxyl groups is 1. The fourth-order valence-electron chi connectivity index (χ4n) is 1.28. The van der Waals surface area contributed by atoms with Crippen LogP contribution in [-0.2, 0) is 11.3 Å². The van der Waals surface area contributed by atoms with Gasteiger partial charge in [-0.2, -0.15) is 0 Å². The second kappa shape index (κ2) is 7.60. The molecule has 1 aromatic rings. The summed E-state index contributed by atoms with van der Waals surface area (Å²) in [5.74, 6) is 0. The minimum Gasteiger partial charge on any atom is -0.394 e. The second-order valence-electron chi connectivity index (χ2n) is 3.91. The molecule has 98 valence electrons. The van der Waals surface area contributed by atoms with Crippen LogP contribution in [0.1, 0.15) is 10.6 Å². The van der Waals surface area contributed by atoms with Gasteiger partial charge in [-0.05, 0) is 6.92 Å². The van der Waals surface area contributed by atoms with E-state index in [1.54, 1.807) is 11.3 Å². The van der Waals surface area contributed by atoms with E-state index in [1.807, 2.05) is 25.9 Å². The lowest BCUT2D eigenvalue weighted by molar-refractivity contribution is 0.0938. The molecule has 0 aliphatic heterocycles. The summed E-state index contributed by atoms with van der Waals surface area (Å²) < 4.78 is 5.16. The Morgan fingerprint density at radius 3 is 2.76 bits per heavy atom. The first-order valence-corrected chi connectivity index (χ1v) is 6.49. The van der Waals surface area contributed by atoms with E-state index in [0.717, 1.165) is 23.9 Å². The first-order chi connectivity index (χ1) is 8.15. The normalized spacial score (nSPS) is 10.8. The molecule has 0 fully saturated rings. The summed E-state index contributed by atoms with van der Waals surface area (Å²) in [6.07, 6.45) is 0. The smallest absolute Gasteiger partial charge is 0.185 e. The van der Waals surface area contributed by atoms with Crippen molar-refractivity contribution in [3.05, 3.63) is 10.6 Å². The molecule has 2 N–H and O–H groups in total. The molecule has 0 saturated carbocycles. The lowest BCUT2D eigenvalue weighted by Gasteiger charge is -2.05. The maximum absolute atomic E-state index is 8.54.